The van der Waals surface area contributed by atoms with Crippen LogP contribution in [0.5, 0.6) is 0 Å². The molecule has 1 unspecified atom stereocenters. The first kappa shape index (κ1) is 24.9. The normalized spacial score (nSPS) is 17.9. The van der Waals surface area contributed by atoms with Crippen LogP contribution in [-0.2, 0) is 10.3 Å². The molecule has 26 heavy (non-hydrogen) atoms. The Morgan fingerprint density at radius 3 is 2.08 bits per heavy atom. The minimum Gasteiger partial charge on any atom is -0.338 e. The van der Waals surface area contributed by atoms with E-state index in [9.17, 15) is 22.4 Å². The van der Waals surface area contributed by atoms with Crippen LogP contribution in [0.15, 0.2) is 30.3 Å². The highest BCUT2D eigenvalue weighted by Crippen LogP contribution is 2.25. The van der Waals surface area contributed by atoms with Gasteiger partial charge in [-0.05, 0) is 12.5 Å². The van der Waals surface area contributed by atoms with E-state index < -0.39 is 24.4 Å². The third-order valence-electron chi connectivity index (χ3n) is 4.23. The van der Waals surface area contributed by atoms with Gasteiger partial charge in [0.25, 0.3) is 0 Å². The standard InChI is InChI=1S/C16H21F4N3O.2ClH/c1-15(21,12-5-3-2-4-6-12)14(24)23-9-7-22(8-10-23)11-16(19,20)13(17)18;;/h2-6,13H,7-11,21H2,1H3;2*1H. The molecule has 1 fully saturated rings. The number of alkyl halides is 4. The van der Waals surface area contributed by atoms with E-state index in [-0.39, 0.29) is 56.9 Å². The SMILES string of the molecule is CC(N)(C(=O)N1CCN(CC(F)(F)C(F)F)CC1)c1ccccc1.Cl.Cl. The Morgan fingerprint density at radius 1 is 1.12 bits per heavy atom. The average molecular weight is 420 g/mol. The highest BCUT2D eigenvalue weighted by atomic mass is 35.5. The van der Waals surface area contributed by atoms with E-state index in [1.165, 1.54) is 9.80 Å². The zero-order valence-corrected chi connectivity index (χ0v) is 15.8. The fourth-order valence-corrected chi connectivity index (χ4v) is 2.71. The van der Waals surface area contributed by atoms with E-state index in [0.29, 0.717) is 5.56 Å². The van der Waals surface area contributed by atoms with Crippen molar-refractivity contribution in [2.24, 2.45) is 5.73 Å². The Bertz CT molecular complexity index is 568. The van der Waals surface area contributed by atoms with Gasteiger partial charge in [0, 0.05) is 26.2 Å². The summed E-state index contributed by atoms with van der Waals surface area (Å²) in [5, 5.41) is 0. The minimum atomic E-state index is -4.04. The van der Waals surface area contributed by atoms with Gasteiger partial charge in [-0.2, -0.15) is 8.78 Å². The van der Waals surface area contributed by atoms with Crippen LogP contribution in [-0.4, -0.2) is 60.8 Å². The summed E-state index contributed by atoms with van der Waals surface area (Å²) in [6, 6.07) is 8.86. The molecular weight excluding hydrogens is 397 g/mol. The first-order chi connectivity index (χ1) is 11.1. The van der Waals surface area contributed by atoms with Crippen LogP contribution < -0.4 is 5.73 Å². The van der Waals surface area contributed by atoms with Crippen LogP contribution in [0, 0.1) is 0 Å². The van der Waals surface area contributed by atoms with Gasteiger partial charge < -0.3 is 10.6 Å². The molecular formula is C16H23Cl2F4N3O. The number of piperazine rings is 1. The van der Waals surface area contributed by atoms with Crippen LogP contribution in [0.2, 0.25) is 0 Å². The van der Waals surface area contributed by atoms with E-state index in [2.05, 4.69) is 0 Å². The lowest BCUT2D eigenvalue weighted by molar-refractivity contribution is -0.150. The highest BCUT2D eigenvalue weighted by Gasteiger charge is 2.43. The Morgan fingerprint density at radius 2 is 1.62 bits per heavy atom. The van der Waals surface area contributed by atoms with Crippen LogP contribution >= 0.6 is 24.8 Å². The molecule has 1 saturated heterocycles. The highest BCUT2D eigenvalue weighted by molar-refractivity contribution is 5.87. The number of amides is 1. The van der Waals surface area contributed by atoms with E-state index in [4.69, 9.17) is 5.73 Å². The van der Waals surface area contributed by atoms with E-state index in [0.717, 1.165) is 0 Å². The van der Waals surface area contributed by atoms with Crippen LogP contribution in [0.4, 0.5) is 17.6 Å². The zero-order chi connectivity index (χ0) is 18.0. The van der Waals surface area contributed by atoms with Gasteiger partial charge in [0.1, 0.15) is 5.54 Å². The molecule has 2 rings (SSSR count). The fraction of sp³-hybridized carbons (Fsp3) is 0.562. The molecule has 1 aromatic rings. The lowest BCUT2D eigenvalue weighted by Gasteiger charge is -2.39. The summed E-state index contributed by atoms with van der Waals surface area (Å²) in [5.41, 5.74) is 5.59. The fourth-order valence-electron chi connectivity index (χ4n) is 2.71. The lowest BCUT2D eigenvalue weighted by Crippen LogP contribution is -2.58. The predicted octanol–water partition coefficient (Wildman–Crippen LogP) is 2.75. The number of halogens is 6. The number of carbonyl (C=O) groups is 1. The average Bonchev–Trinajstić information content (AvgIpc) is 2.55. The number of carbonyl (C=O) groups excluding carboxylic acids is 1. The Labute approximate surface area is 162 Å². The maximum absolute atomic E-state index is 13.1. The molecule has 0 aromatic heterocycles. The van der Waals surface area contributed by atoms with Crippen LogP contribution in [0.1, 0.15) is 12.5 Å². The summed E-state index contributed by atoms with van der Waals surface area (Å²) < 4.78 is 50.7. The summed E-state index contributed by atoms with van der Waals surface area (Å²) in [7, 11) is 0. The van der Waals surface area contributed by atoms with Crippen molar-refractivity contribution >= 4 is 30.7 Å². The van der Waals surface area contributed by atoms with Crippen molar-refractivity contribution in [3.63, 3.8) is 0 Å². The molecule has 150 valence electrons. The summed E-state index contributed by atoms with van der Waals surface area (Å²) >= 11 is 0. The van der Waals surface area contributed by atoms with Crippen LogP contribution in [0.25, 0.3) is 0 Å². The summed E-state index contributed by atoms with van der Waals surface area (Å²) in [4.78, 5) is 15.4. The Balaban J connectivity index is 0.00000312. The number of rotatable bonds is 5. The molecule has 0 saturated carbocycles. The van der Waals surface area contributed by atoms with Crippen molar-refractivity contribution in [2.45, 2.75) is 24.8 Å². The van der Waals surface area contributed by atoms with Gasteiger partial charge in [-0.25, -0.2) is 8.78 Å². The van der Waals surface area contributed by atoms with E-state index in [1.807, 2.05) is 6.07 Å². The van der Waals surface area contributed by atoms with Crippen molar-refractivity contribution < 1.29 is 22.4 Å². The monoisotopic (exact) mass is 419 g/mol. The molecule has 2 N–H and O–H groups in total. The molecule has 0 bridgehead atoms. The largest absolute Gasteiger partial charge is 0.338 e. The van der Waals surface area contributed by atoms with Crippen molar-refractivity contribution in [3.8, 4) is 0 Å². The van der Waals surface area contributed by atoms with Gasteiger partial charge in [0.2, 0.25) is 5.91 Å². The number of nitrogens with zero attached hydrogens (tertiary/aromatic N) is 2. The van der Waals surface area contributed by atoms with Crippen molar-refractivity contribution in [2.75, 3.05) is 32.7 Å². The molecule has 1 heterocycles. The summed E-state index contributed by atoms with van der Waals surface area (Å²) in [6.07, 6.45) is -3.69. The maximum Gasteiger partial charge on any atom is 0.319 e. The number of hydrogen-bond acceptors (Lipinski definition) is 3. The number of hydrogen-bond donors (Lipinski definition) is 1. The molecule has 0 radical (unpaired) electrons. The molecule has 1 aliphatic rings. The van der Waals surface area contributed by atoms with Gasteiger partial charge in [0.05, 0.1) is 6.54 Å². The smallest absolute Gasteiger partial charge is 0.319 e. The molecule has 1 aliphatic heterocycles. The van der Waals surface area contributed by atoms with Gasteiger partial charge in [-0.1, -0.05) is 30.3 Å². The molecule has 0 aliphatic carbocycles. The maximum atomic E-state index is 13.1. The molecule has 1 amide bonds. The van der Waals surface area contributed by atoms with Crippen molar-refractivity contribution in [3.05, 3.63) is 35.9 Å². The number of benzene rings is 1. The third kappa shape index (κ3) is 5.70. The topological polar surface area (TPSA) is 49.6 Å². The first-order valence-corrected chi connectivity index (χ1v) is 7.66. The Hall–Kier alpha value is -1.09. The van der Waals surface area contributed by atoms with Gasteiger partial charge in [-0.3, -0.25) is 9.69 Å². The van der Waals surface area contributed by atoms with Gasteiger partial charge in [0.15, 0.2) is 0 Å². The van der Waals surface area contributed by atoms with E-state index in [1.54, 1.807) is 31.2 Å². The second-order valence-electron chi connectivity index (χ2n) is 6.20. The molecule has 0 spiro atoms. The third-order valence-corrected chi connectivity index (χ3v) is 4.23. The molecule has 1 atom stereocenters. The second kappa shape index (κ2) is 9.73. The summed E-state index contributed by atoms with van der Waals surface area (Å²) in [5.74, 6) is -4.35. The molecule has 1 aromatic carbocycles. The zero-order valence-electron chi connectivity index (χ0n) is 14.2. The van der Waals surface area contributed by atoms with Crippen molar-refractivity contribution in [1.82, 2.24) is 9.80 Å². The van der Waals surface area contributed by atoms with Crippen LogP contribution in [0.3, 0.4) is 0 Å². The molecule has 10 heteroatoms. The van der Waals surface area contributed by atoms with E-state index >= 15 is 0 Å². The van der Waals surface area contributed by atoms with Crippen molar-refractivity contribution in [1.29, 1.82) is 0 Å². The summed E-state index contributed by atoms with van der Waals surface area (Å²) in [6.45, 7) is 1.17. The van der Waals surface area contributed by atoms with Gasteiger partial charge >= 0.3 is 12.3 Å². The predicted molar refractivity (Wildman–Crippen MR) is 96.4 cm³/mol. The quantitative estimate of drug-likeness (QED) is 0.746. The Kier molecular flexibility index (Phi) is 9.32. The molecule has 4 nitrogen and oxygen atoms in total. The number of nitrogens with two attached hydrogens (primary N) is 1. The van der Waals surface area contributed by atoms with Gasteiger partial charge in [-0.15, -0.1) is 24.8 Å². The second-order valence-corrected chi connectivity index (χ2v) is 6.20. The lowest BCUT2D eigenvalue weighted by atomic mass is 9.91. The first-order valence-electron chi connectivity index (χ1n) is 7.66. The minimum absolute atomic E-state index is 0.